The standard InChI is InChI=1S/C27H31N7O2/c1-27(2,3)18-10-12-20(13-11-18)34(26(36)22-15-30-16-31-22)23(21-14-29-17-32-24(21)28-4)25(35)33-19-8-6-5-7-9-19/h10-17,19,23H,5-9H2,1-3H3,(H,30,31)(H,33,35). The van der Waals surface area contributed by atoms with E-state index >= 15 is 0 Å². The molecule has 1 saturated carbocycles. The van der Waals surface area contributed by atoms with Crippen molar-refractivity contribution in [2.75, 3.05) is 4.90 Å². The van der Waals surface area contributed by atoms with Gasteiger partial charge in [-0.3, -0.25) is 14.5 Å². The van der Waals surface area contributed by atoms with Crippen LogP contribution >= 0.6 is 0 Å². The Hall–Kier alpha value is -4.06. The molecule has 0 bridgehead atoms. The molecule has 0 spiro atoms. The molecule has 2 N–H and O–H groups in total. The molecule has 1 aliphatic carbocycles. The monoisotopic (exact) mass is 485 g/mol. The molecule has 9 heteroatoms. The number of hydrogen-bond acceptors (Lipinski definition) is 5. The average molecular weight is 486 g/mol. The molecule has 0 radical (unpaired) electrons. The van der Waals surface area contributed by atoms with Gasteiger partial charge in [0, 0.05) is 23.5 Å². The Kier molecular flexibility index (Phi) is 7.44. The van der Waals surface area contributed by atoms with Gasteiger partial charge in [0.2, 0.25) is 12.2 Å². The summed E-state index contributed by atoms with van der Waals surface area (Å²) in [6.45, 7) is 14.0. The lowest BCUT2D eigenvalue weighted by Crippen LogP contribution is -2.47. The minimum absolute atomic E-state index is 0.0159. The quantitative estimate of drug-likeness (QED) is 0.484. The van der Waals surface area contributed by atoms with Crippen molar-refractivity contribution in [3.05, 3.63) is 77.6 Å². The summed E-state index contributed by atoms with van der Waals surface area (Å²) in [5.74, 6) is -0.781. The lowest BCUT2D eigenvalue weighted by Gasteiger charge is -2.33. The third-order valence-corrected chi connectivity index (χ3v) is 6.54. The molecule has 2 heterocycles. The van der Waals surface area contributed by atoms with E-state index in [1.165, 1.54) is 29.9 Å². The molecular formula is C27H31N7O2. The number of amides is 2. The zero-order chi connectivity index (χ0) is 25.7. The van der Waals surface area contributed by atoms with E-state index in [0.717, 1.165) is 37.7 Å². The van der Waals surface area contributed by atoms with Crippen LogP contribution in [0.3, 0.4) is 0 Å². The fourth-order valence-corrected chi connectivity index (χ4v) is 4.55. The normalized spacial score (nSPS) is 15.1. The fourth-order valence-electron chi connectivity index (χ4n) is 4.55. The number of benzene rings is 1. The first-order valence-corrected chi connectivity index (χ1v) is 12.2. The summed E-state index contributed by atoms with van der Waals surface area (Å²) in [5.41, 5.74) is 2.03. The average Bonchev–Trinajstić information content (AvgIpc) is 3.42. The molecule has 1 atom stereocenters. The zero-order valence-electron chi connectivity index (χ0n) is 20.9. The number of anilines is 1. The molecule has 2 amide bonds. The smallest absolute Gasteiger partial charge is 0.278 e. The number of hydrogen-bond donors (Lipinski definition) is 2. The van der Waals surface area contributed by atoms with Crippen LogP contribution < -0.4 is 10.2 Å². The van der Waals surface area contributed by atoms with Gasteiger partial charge in [-0.2, -0.15) is 0 Å². The van der Waals surface area contributed by atoms with E-state index in [0.29, 0.717) is 5.69 Å². The summed E-state index contributed by atoms with van der Waals surface area (Å²) < 4.78 is 0. The van der Waals surface area contributed by atoms with Gasteiger partial charge in [-0.1, -0.05) is 58.7 Å². The molecule has 1 unspecified atom stereocenters. The van der Waals surface area contributed by atoms with E-state index in [9.17, 15) is 9.59 Å². The Bertz CT molecular complexity index is 1230. The minimum atomic E-state index is -1.14. The Morgan fingerprint density at radius 3 is 2.44 bits per heavy atom. The molecule has 3 aromatic rings. The molecule has 2 aromatic heterocycles. The second-order valence-electron chi connectivity index (χ2n) is 10.1. The van der Waals surface area contributed by atoms with Crippen LogP contribution in [0.1, 0.15) is 80.5 Å². The van der Waals surface area contributed by atoms with Gasteiger partial charge < -0.3 is 15.1 Å². The van der Waals surface area contributed by atoms with Gasteiger partial charge in [-0.05, 0) is 36.0 Å². The second kappa shape index (κ2) is 10.7. The van der Waals surface area contributed by atoms with Gasteiger partial charge in [0.15, 0.2) is 0 Å². The Balaban J connectivity index is 1.84. The van der Waals surface area contributed by atoms with Crippen molar-refractivity contribution in [2.45, 2.75) is 70.4 Å². The number of nitrogens with zero attached hydrogens (tertiary/aromatic N) is 5. The maximum Gasteiger partial charge on any atom is 0.278 e. The summed E-state index contributed by atoms with van der Waals surface area (Å²) in [6, 6.07) is 6.44. The predicted molar refractivity (Wildman–Crippen MR) is 137 cm³/mol. The van der Waals surface area contributed by atoms with Crippen molar-refractivity contribution in [1.29, 1.82) is 0 Å². The number of rotatable bonds is 6. The first kappa shape index (κ1) is 25.0. The second-order valence-corrected chi connectivity index (χ2v) is 10.1. The first-order chi connectivity index (χ1) is 17.3. The van der Waals surface area contributed by atoms with Crippen LogP contribution in [-0.2, 0) is 10.2 Å². The molecule has 9 nitrogen and oxygen atoms in total. The van der Waals surface area contributed by atoms with Crippen molar-refractivity contribution >= 4 is 23.3 Å². The molecule has 4 rings (SSSR count). The zero-order valence-corrected chi connectivity index (χ0v) is 20.9. The van der Waals surface area contributed by atoms with E-state index in [4.69, 9.17) is 6.57 Å². The van der Waals surface area contributed by atoms with E-state index in [-0.39, 0.29) is 34.4 Å². The van der Waals surface area contributed by atoms with Crippen molar-refractivity contribution in [2.24, 2.45) is 0 Å². The van der Waals surface area contributed by atoms with E-state index in [1.807, 2.05) is 24.3 Å². The molecule has 1 aliphatic rings. The van der Waals surface area contributed by atoms with Gasteiger partial charge in [0.05, 0.1) is 12.5 Å². The van der Waals surface area contributed by atoms with Crippen molar-refractivity contribution in [3.8, 4) is 0 Å². The minimum Gasteiger partial charge on any atom is -0.360 e. The van der Waals surface area contributed by atoms with E-state index in [1.54, 1.807) is 0 Å². The lowest BCUT2D eigenvalue weighted by molar-refractivity contribution is -0.123. The van der Waals surface area contributed by atoms with Crippen LogP contribution in [0.4, 0.5) is 11.5 Å². The summed E-state index contributed by atoms with van der Waals surface area (Å²) in [5, 5.41) is 3.14. The highest BCUT2D eigenvalue weighted by Crippen LogP contribution is 2.35. The number of aromatic nitrogens is 4. The summed E-state index contributed by atoms with van der Waals surface area (Å²) in [7, 11) is 0. The summed E-state index contributed by atoms with van der Waals surface area (Å²) in [4.78, 5) is 47.7. The van der Waals surface area contributed by atoms with Crippen LogP contribution in [0.5, 0.6) is 0 Å². The molecule has 1 fully saturated rings. The van der Waals surface area contributed by atoms with Crippen LogP contribution in [-0.4, -0.2) is 37.8 Å². The first-order valence-electron chi connectivity index (χ1n) is 12.2. The molecule has 0 aliphatic heterocycles. The Morgan fingerprint density at radius 2 is 1.83 bits per heavy atom. The van der Waals surface area contributed by atoms with Gasteiger partial charge in [0.1, 0.15) is 11.7 Å². The van der Waals surface area contributed by atoms with Crippen LogP contribution in [0.15, 0.2) is 49.3 Å². The fraction of sp³-hybridized carbons (Fsp3) is 0.407. The topological polar surface area (TPSA) is 108 Å². The van der Waals surface area contributed by atoms with Crippen LogP contribution in [0, 0.1) is 6.57 Å². The van der Waals surface area contributed by atoms with Gasteiger partial charge in [-0.25, -0.2) is 9.97 Å². The van der Waals surface area contributed by atoms with Gasteiger partial charge in [-0.15, -0.1) is 4.98 Å². The Labute approximate surface area is 211 Å². The molecule has 1 aromatic carbocycles. The third-order valence-electron chi connectivity index (χ3n) is 6.54. The number of aromatic amines is 1. The number of imidazole rings is 1. The van der Waals surface area contributed by atoms with Crippen LogP contribution in [0.2, 0.25) is 0 Å². The highest BCUT2D eigenvalue weighted by Gasteiger charge is 2.37. The highest BCUT2D eigenvalue weighted by atomic mass is 16.2. The number of nitrogens with one attached hydrogen (secondary N) is 2. The van der Waals surface area contributed by atoms with E-state index < -0.39 is 11.9 Å². The van der Waals surface area contributed by atoms with Crippen molar-refractivity contribution in [1.82, 2.24) is 25.3 Å². The SMILES string of the molecule is [C-]#[N+]c1ncncc1C(C(=O)NC1CCCCC1)N(C(=O)c1cnc[nH]1)c1ccc(C(C)(C)C)cc1. The summed E-state index contributed by atoms with van der Waals surface area (Å²) >= 11 is 0. The third kappa shape index (κ3) is 5.43. The molecule has 186 valence electrons. The van der Waals surface area contributed by atoms with Gasteiger partial charge >= 0.3 is 0 Å². The molecule has 36 heavy (non-hydrogen) atoms. The maximum absolute atomic E-state index is 13.9. The molecular weight excluding hydrogens is 454 g/mol. The number of H-pyrrole nitrogens is 1. The van der Waals surface area contributed by atoms with E-state index in [2.05, 4.69) is 50.9 Å². The lowest BCUT2D eigenvalue weighted by atomic mass is 9.87. The molecule has 0 saturated heterocycles. The number of carbonyl (C=O) groups is 2. The Morgan fingerprint density at radius 1 is 1.11 bits per heavy atom. The van der Waals surface area contributed by atoms with Crippen molar-refractivity contribution in [3.63, 3.8) is 0 Å². The predicted octanol–water partition coefficient (Wildman–Crippen LogP) is 4.88. The van der Waals surface area contributed by atoms with Crippen LogP contribution in [0.25, 0.3) is 4.85 Å². The largest absolute Gasteiger partial charge is 0.360 e. The van der Waals surface area contributed by atoms with Gasteiger partial charge in [0.25, 0.3) is 11.7 Å². The highest BCUT2D eigenvalue weighted by molar-refractivity contribution is 6.09. The number of carbonyl (C=O) groups excluding carboxylic acids is 2. The van der Waals surface area contributed by atoms with Crippen molar-refractivity contribution < 1.29 is 9.59 Å². The summed E-state index contributed by atoms with van der Waals surface area (Å²) in [6.07, 6.45) is 10.6. The maximum atomic E-state index is 13.9.